The molecule has 2 aromatic carbocycles. The van der Waals surface area contributed by atoms with E-state index in [1.807, 2.05) is 42.3 Å². The van der Waals surface area contributed by atoms with Gasteiger partial charge in [-0.05, 0) is 49.4 Å². The Hall–Kier alpha value is -3.32. The monoisotopic (exact) mass is 409 g/mol. The van der Waals surface area contributed by atoms with Gasteiger partial charge in [-0.15, -0.1) is 0 Å². The number of hydrogen-bond donors (Lipinski definition) is 1. The molecule has 1 saturated heterocycles. The number of nitrogens with zero attached hydrogens (tertiary/aromatic N) is 2. The van der Waals surface area contributed by atoms with Crippen LogP contribution in [0.25, 0.3) is 0 Å². The molecule has 0 aliphatic carbocycles. The predicted molar refractivity (Wildman–Crippen MR) is 114 cm³/mol. The first-order valence-electron chi connectivity index (χ1n) is 9.67. The van der Waals surface area contributed by atoms with E-state index in [2.05, 4.69) is 11.9 Å². The van der Waals surface area contributed by atoms with Crippen LogP contribution in [0.15, 0.2) is 61.2 Å². The standard InChI is InChI=1S/C23H27N3O4/c1-5-13-30-19-11-9-17(10-12-19)15-25(3)16-26-21(27)23(2,24-22(26)28)18-7-6-8-20(14-18)29-4/h5-12,14H,1,13,15-16H2,2-4H3,(H,24,28)/t23-/m0/s1. The Balaban J connectivity index is 1.66. The van der Waals surface area contributed by atoms with Crippen LogP contribution in [0.5, 0.6) is 11.5 Å². The van der Waals surface area contributed by atoms with E-state index >= 15 is 0 Å². The summed E-state index contributed by atoms with van der Waals surface area (Å²) in [5.74, 6) is 1.11. The number of benzene rings is 2. The van der Waals surface area contributed by atoms with Gasteiger partial charge in [0.1, 0.15) is 23.6 Å². The number of amides is 3. The van der Waals surface area contributed by atoms with Gasteiger partial charge in [0.05, 0.1) is 13.8 Å². The van der Waals surface area contributed by atoms with Crippen molar-refractivity contribution in [3.63, 3.8) is 0 Å². The van der Waals surface area contributed by atoms with Crippen molar-refractivity contribution >= 4 is 11.9 Å². The maximum absolute atomic E-state index is 13.1. The topological polar surface area (TPSA) is 71.1 Å². The van der Waals surface area contributed by atoms with Crippen LogP contribution < -0.4 is 14.8 Å². The van der Waals surface area contributed by atoms with Gasteiger partial charge in [-0.3, -0.25) is 9.69 Å². The highest BCUT2D eigenvalue weighted by Gasteiger charge is 2.49. The number of imide groups is 1. The predicted octanol–water partition coefficient (Wildman–Crippen LogP) is 3.12. The van der Waals surface area contributed by atoms with Gasteiger partial charge in [-0.25, -0.2) is 9.69 Å². The van der Waals surface area contributed by atoms with Crippen LogP contribution in [0.2, 0.25) is 0 Å². The summed E-state index contributed by atoms with van der Waals surface area (Å²) < 4.78 is 10.7. The highest BCUT2D eigenvalue weighted by molar-refractivity contribution is 6.07. The van der Waals surface area contributed by atoms with Crippen molar-refractivity contribution in [2.24, 2.45) is 0 Å². The van der Waals surface area contributed by atoms with E-state index in [0.29, 0.717) is 24.5 Å². The highest BCUT2D eigenvalue weighted by Crippen LogP contribution is 2.31. The molecule has 7 nitrogen and oxygen atoms in total. The fourth-order valence-corrected chi connectivity index (χ4v) is 3.40. The summed E-state index contributed by atoms with van der Waals surface area (Å²) >= 11 is 0. The Bertz CT molecular complexity index is 928. The van der Waals surface area contributed by atoms with Gasteiger partial charge in [0, 0.05) is 6.54 Å². The molecule has 0 radical (unpaired) electrons. The van der Waals surface area contributed by atoms with Gasteiger partial charge in [-0.2, -0.15) is 0 Å². The zero-order valence-corrected chi connectivity index (χ0v) is 17.6. The second kappa shape index (κ2) is 9.00. The highest BCUT2D eigenvalue weighted by atomic mass is 16.5. The Kier molecular flexibility index (Phi) is 6.42. The molecule has 0 unspecified atom stereocenters. The number of rotatable bonds is 9. The first-order chi connectivity index (χ1) is 14.4. The van der Waals surface area contributed by atoms with Crippen molar-refractivity contribution in [2.75, 3.05) is 27.4 Å². The van der Waals surface area contributed by atoms with E-state index < -0.39 is 11.6 Å². The Morgan fingerprint density at radius 3 is 2.57 bits per heavy atom. The van der Waals surface area contributed by atoms with E-state index in [9.17, 15) is 9.59 Å². The molecule has 0 bridgehead atoms. The Morgan fingerprint density at radius 2 is 1.90 bits per heavy atom. The molecule has 0 saturated carbocycles. The first kappa shape index (κ1) is 21.4. The molecule has 158 valence electrons. The van der Waals surface area contributed by atoms with Crippen LogP contribution in [0.1, 0.15) is 18.1 Å². The number of carbonyl (C=O) groups excluding carboxylic acids is 2. The average molecular weight is 409 g/mol. The number of nitrogens with one attached hydrogen (secondary N) is 1. The molecule has 3 rings (SSSR count). The summed E-state index contributed by atoms with van der Waals surface area (Å²) in [5, 5.41) is 2.82. The van der Waals surface area contributed by atoms with Crippen molar-refractivity contribution in [1.29, 1.82) is 0 Å². The minimum atomic E-state index is -1.13. The number of carbonyl (C=O) groups is 2. The second-order valence-corrected chi connectivity index (χ2v) is 7.42. The van der Waals surface area contributed by atoms with E-state index in [4.69, 9.17) is 9.47 Å². The first-order valence-corrected chi connectivity index (χ1v) is 9.67. The number of urea groups is 1. The summed E-state index contributed by atoms with van der Waals surface area (Å²) in [7, 11) is 3.43. The summed E-state index contributed by atoms with van der Waals surface area (Å²) in [6.45, 7) is 6.55. The minimum Gasteiger partial charge on any atom is -0.497 e. The molecular weight excluding hydrogens is 382 g/mol. The van der Waals surface area contributed by atoms with Crippen molar-refractivity contribution in [1.82, 2.24) is 15.1 Å². The molecule has 0 spiro atoms. The van der Waals surface area contributed by atoms with Crippen LogP contribution in [0, 0.1) is 0 Å². The zero-order chi connectivity index (χ0) is 21.7. The van der Waals surface area contributed by atoms with Crippen molar-refractivity contribution in [2.45, 2.75) is 19.0 Å². The van der Waals surface area contributed by atoms with Gasteiger partial charge < -0.3 is 14.8 Å². The quantitative estimate of drug-likeness (QED) is 0.509. The zero-order valence-electron chi connectivity index (χ0n) is 17.6. The Labute approximate surface area is 176 Å². The van der Waals surface area contributed by atoms with Crippen molar-refractivity contribution in [3.05, 3.63) is 72.3 Å². The van der Waals surface area contributed by atoms with Gasteiger partial charge in [0.2, 0.25) is 0 Å². The van der Waals surface area contributed by atoms with Crippen LogP contribution in [0.3, 0.4) is 0 Å². The second-order valence-electron chi connectivity index (χ2n) is 7.42. The molecule has 1 heterocycles. The molecule has 1 aliphatic rings. The van der Waals surface area contributed by atoms with Gasteiger partial charge in [0.15, 0.2) is 0 Å². The third-order valence-corrected chi connectivity index (χ3v) is 5.05. The molecule has 1 N–H and O–H groups in total. The fourth-order valence-electron chi connectivity index (χ4n) is 3.40. The number of methoxy groups -OCH3 is 1. The molecule has 1 atom stereocenters. The largest absolute Gasteiger partial charge is 0.497 e. The van der Waals surface area contributed by atoms with Crippen LogP contribution in [-0.4, -0.2) is 49.2 Å². The summed E-state index contributed by atoms with van der Waals surface area (Å²) in [4.78, 5) is 28.8. The lowest BCUT2D eigenvalue weighted by Gasteiger charge is -2.25. The van der Waals surface area contributed by atoms with E-state index in [1.165, 1.54) is 4.90 Å². The normalized spacial score (nSPS) is 18.5. The summed E-state index contributed by atoms with van der Waals surface area (Å²) in [6.07, 6.45) is 1.69. The minimum absolute atomic E-state index is 0.180. The van der Waals surface area contributed by atoms with E-state index in [-0.39, 0.29) is 12.6 Å². The molecule has 30 heavy (non-hydrogen) atoms. The van der Waals surface area contributed by atoms with Gasteiger partial charge in [0.25, 0.3) is 5.91 Å². The number of hydrogen-bond acceptors (Lipinski definition) is 5. The summed E-state index contributed by atoms with van der Waals surface area (Å²) in [5.41, 5.74) is 0.600. The molecule has 2 aromatic rings. The van der Waals surface area contributed by atoms with Gasteiger partial charge in [-0.1, -0.05) is 36.9 Å². The fraction of sp³-hybridized carbons (Fsp3) is 0.304. The van der Waals surface area contributed by atoms with Crippen molar-refractivity contribution < 1.29 is 19.1 Å². The Morgan fingerprint density at radius 1 is 1.17 bits per heavy atom. The van der Waals surface area contributed by atoms with Crippen molar-refractivity contribution in [3.8, 4) is 11.5 Å². The lowest BCUT2D eigenvalue weighted by molar-refractivity contribution is -0.132. The maximum atomic E-state index is 13.1. The van der Waals surface area contributed by atoms with E-state index in [0.717, 1.165) is 11.3 Å². The molecule has 3 amide bonds. The van der Waals surface area contributed by atoms with Crippen LogP contribution in [0.4, 0.5) is 4.79 Å². The smallest absolute Gasteiger partial charge is 0.326 e. The lowest BCUT2D eigenvalue weighted by atomic mass is 9.92. The molecule has 1 fully saturated rings. The van der Waals surface area contributed by atoms with Crippen LogP contribution >= 0.6 is 0 Å². The maximum Gasteiger partial charge on any atom is 0.326 e. The van der Waals surface area contributed by atoms with Crippen LogP contribution in [-0.2, 0) is 16.9 Å². The average Bonchev–Trinajstić information content (AvgIpc) is 2.97. The third-order valence-electron chi connectivity index (χ3n) is 5.05. The molecule has 1 aliphatic heterocycles. The summed E-state index contributed by atoms with van der Waals surface area (Å²) in [6, 6.07) is 14.5. The third kappa shape index (κ3) is 4.46. The molecular formula is C23H27N3O4. The van der Waals surface area contributed by atoms with E-state index in [1.54, 1.807) is 38.3 Å². The molecule has 0 aromatic heterocycles. The lowest BCUT2D eigenvalue weighted by Crippen LogP contribution is -2.42. The SMILES string of the molecule is C=CCOc1ccc(CN(C)CN2C(=O)N[C@@](C)(c3cccc(OC)c3)C2=O)cc1. The molecule has 7 heteroatoms. The van der Waals surface area contributed by atoms with Gasteiger partial charge >= 0.3 is 6.03 Å². The number of ether oxygens (including phenoxy) is 2.